The maximum atomic E-state index is 5.80. The number of imidazole rings is 1. The number of hydrogen-bond donors (Lipinski definition) is 0. The number of aromatic nitrogens is 2. The van der Waals surface area contributed by atoms with E-state index in [1.165, 1.54) is 5.52 Å². The highest BCUT2D eigenvalue weighted by Crippen LogP contribution is 2.21. The maximum absolute atomic E-state index is 5.80. The number of halogens is 2. The largest absolute Gasteiger partial charge is 0.328 e. The third-order valence-electron chi connectivity index (χ3n) is 2.55. The van der Waals surface area contributed by atoms with E-state index in [-0.39, 0.29) is 0 Å². The predicted octanol–water partition coefficient (Wildman–Crippen LogP) is 3.99. The molecule has 2 aromatic rings. The highest BCUT2D eigenvalue weighted by atomic mass is 79.9. The molecule has 4 heteroatoms. The second-order valence-corrected chi connectivity index (χ2v) is 5.05. The van der Waals surface area contributed by atoms with Crippen molar-refractivity contribution in [1.82, 2.24) is 9.55 Å². The number of fused-ring (bicyclic) bond motifs is 1. The molecule has 0 amide bonds. The Morgan fingerprint density at radius 3 is 2.94 bits per heavy atom. The molecule has 1 heterocycles. The summed E-state index contributed by atoms with van der Waals surface area (Å²) in [5.74, 6) is 1.71. The molecule has 0 aliphatic rings. The van der Waals surface area contributed by atoms with Crippen LogP contribution in [0, 0.1) is 0 Å². The van der Waals surface area contributed by atoms with Gasteiger partial charge in [0.25, 0.3) is 0 Å². The maximum Gasteiger partial charge on any atom is 0.111 e. The zero-order valence-electron chi connectivity index (χ0n) is 9.21. The fourth-order valence-corrected chi connectivity index (χ4v) is 2.41. The molecule has 0 saturated heterocycles. The minimum Gasteiger partial charge on any atom is -0.328 e. The van der Waals surface area contributed by atoms with Gasteiger partial charge in [0, 0.05) is 23.3 Å². The van der Waals surface area contributed by atoms with E-state index in [0.717, 1.165) is 35.2 Å². The first-order valence-electron chi connectivity index (χ1n) is 5.47. The molecule has 0 saturated carbocycles. The zero-order valence-corrected chi connectivity index (χ0v) is 11.6. The summed E-state index contributed by atoms with van der Waals surface area (Å²) in [6.07, 6.45) is 1.93. The quantitative estimate of drug-likeness (QED) is 0.781. The highest BCUT2D eigenvalue weighted by molar-refractivity contribution is 9.10. The Morgan fingerprint density at radius 2 is 2.25 bits per heavy atom. The average molecular weight is 302 g/mol. The van der Waals surface area contributed by atoms with E-state index in [0.29, 0.717) is 5.88 Å². The fraction of sp³-hybridized carbons (Fsp3) is 0.417. The summed E-state index contributed by atoms with van der Waals surface area (Å²) in [6.45, 7) is 3.17. The second kappa shape index (κ2) is 5.19. The minimum atomic E-state index is 0.619. The molecule has 16 heavy (non-hydrogen) atoms. The Bertz CT molecular complexity index is 493. The van der Waals surface area contributed by atoms with E-state index >= 15 is 0 Å². The van der Waals surface area contributed by atoms with Gasteiger partial charge in [0.05, 0.1) is 11.0 Å². The van der Waals surface area contributed by atoms with Crippen LogP contribution in [0.2, 0.25) is 0 Å². The highest BCUT2D eigenvalue weighted by Gasteiger charge is 2.09. The first kappa shape index (κ1) is 11.9. The van der Waals surface area contributed by atoms with Crippen LogP contribution in [0.3, 0.4) is 0 Å². The fourth-order valence-electron chi connectivity index (χ4n) is 1.89. The van der Waals surface area contributed by atoms with Crippen LogP contribution in [0.5, 0.6) is 0 Å². The normalized spacial score (nSPS) is 11.2. The van der Waals surface area contributed by atoms with Crippen LogP contribution in [0.1, 0.15) is 19.2 Å². The molecule has 1 aromatic heterocycles. The molecule has 2 rings (SSSR count). The van der Waals surface area contributed by atoms with Gasteiger partial charge in [-0.15, -0.1) is 11.6 Å². The van der Waals surface area contributed by atoms with Gasteiger partial charge in [0.15, 0.2) is 0 Å². The summed E-state index contributed by atoms with van der Waals surface area (Å²) < 4.78 is 3.36. The van der Waals surface area contributed by atoms with Crippen molar-refractivity contribution in [2.75, 3.05) is 5.88 Å². The molecule has 0 aliphatic carbocycles. The van der Waals surface area contributed by atoms with Crippen molar-refractivity contribution in [2.24, 2.45) is 0 Å². The van der Waals surface area contributed by atoms with Gasteiger partial charge in [-0.1, -0.05) is 22.9 Å². The lowest BCUT2D eigenvalue weighted by Crippen LogP contribution is -2.04. The summed E-state index contributed by atoms with van der Waals surface area (Å²) >= 11 is 9.30. The van der Waals surface area contributed by atoms with E-state index in [2.05, 4.69) is 38.5 Å². The van der Waals surface area contributed by atoms with Crippen molar-refractivity contribution in [2.45, 2.75) is 26.3 Å². The summed E-state index contributed by atoms with van der Waals surface area (Å²) in [5.41, 5.74) is 2.24. The van der Waals surface area contributed by atoms with E-state index in [4.69, 9.17) is 11.6 Å². The van der Waals surface area contributed by atoms with Crippen LogP contribution >= 0.6 is 27.5 Å². The van der Waals surface area contributed by atoms with Crippen molar-refractivity contribution in [3.8, 4) is 0 Å². The van der Waals surface area contributed by atoms with Crippen molar-refractivity contribution >= 4 is 38.6 Å². The Hall–Kier alpha value is -0.540. The molecule has 0 N–H and O–H groups in total. The monoisotopic (exact) mass is 300 g/mol. The van der Waals surface area contributed by atoms with Gasteiger partial charge in [-0.25, -0.2) is 4.98 Å². The molecule has 0 fully saturated rings. The van der Waals surface area contributed by atoms with Crippen LogP contribution in [0.25, 0.3) is 11.0 Å². The molecule has 2 nitrogen and oxygen atoms in total. The van der Waals surface area contributed by atoms with Gasteiger partial charge in [-0.2, -0.15) is 0 Å². The smallest absolute Gasteiger partial charge is 0.111 e. The number of benzene rings is 1. The molecule has 0 unspecified atom stereocenters. The Morgan fingerprint density at radius 1 is 1.44 bits per heavy atom. The standard InChI is InChI=1S/C12H14BrClN2/c1-2-7-16-11-8-9(13)3-4-10(11)15-12(16)5-6-14/h3-4,8H,2,5-7H2,1H3. The van der Waals surface area contributed by atoms with Gasteiger partial charge in [0.2, 0.25) is 0 Å². The van der Waals surface area contributed by atoms with Gasteiger partial charge >= 0.3 is 0 Å². The lowest BCUT2D eigenvalue weighted by Gasteiger charge is -2.06. The summed E-state index contributed by atoms with van der Waals surface area (Å²) in [5, 5.41) is 0. The molecule has 0 spiro atoms. The van der Waals surface area contributed by atoms with Gasteiger partial charge < -0.3 is 4.57 Å². The molecule has 0 atom stereocenters. The van der Waals surface area contributed by atoms with Crippen LogP contribution < -0.4 is 0 Å². The molecular formula is C12H14BrClN2. The van der Waals surface area contributed by atoms with Gasteiger partial charge in [0.1, 0.15) is 5.82 Å². The third-order valence-corrected chi connectivity index (χ3v) is 3.24. The van der Waals surface area contributed by atoms with Crippen molar-refractivity contribution in [3.63, 3.8) is 0 Å². The third kappa shape index (κ3) is 2.25. The van der Waals surface area contributed by atoms with Crippen LogP contribution in [0.15, 0.2) is 22.7 Å². The zero-order chi connectivity index (χ0) is 11.5. The summed E-state index contributed by atoms with van der Waals surface area (Å²) in [6, 6.07) is 6.19. The number of nitrogens with zero attached hydrogens (tertiary/aromatic N) is 2. The van der Waals surface area contributed by atoms with Crippen LogP contribution in [-0.4, -0.2) is 15.4 Å². The van der Waals surface area contributed by atoms with E-state index in [9.17, 15) is 0 Å². The molecule has 1 aromatic carbocycles. The SMILES string of the molecule is CCCn1c(CCCl)nc2ccc(Br)cc21. The molecule has 0 aliphatic heterocycles. The van der Waals surface area contributed by atoms with Crippen molar-refractivity contribution in [1.29, 1.82) is 0 Å². The van der Waals surface area contributed by atoms with E-state index in [1.54, 1.807) is 0 Å². The second-order valence-electron chi connectivity index (χ2n) is 3.75. The number of hydrogen-bond acceptors (Lipinski definition) is 1. The lowest BCUT2D eigenvalue weighted by molar-refractivity contribution is 0.660. The Labute approximate surface area is 109 Å². The first-order valence-corrected chi connectivity index (χ1v) is 6.79. The minimum absolute atomic E-state index is 0.619. The predicted molar refractivity (Wildman–Crippen MR) is 72.1 cm³/mol. The Kier molecular flexibility index (Phi) is 3.87. The first-order chi connectivity index (χ1) is 7.76. The van der Waals surface area contributed by atoms with Gasteiger partial charge in [-0.05, 0) is 24.6 Å². The van der Waals surface area contributed by atoms with Crippen molar-refractivity contribution < 1.29 is 0 Å². The molecular weight excluding hydrogens is 288 g/mol. The van der Waals surface area contributed by atoms with Crippen LogP contribution in [0.4, 0.5) is 0 Å². The number of aryl methyl sites for hydroxylation is 2. The van der Waals surface area contributed by atoms with E-state index < -0.39 is 0 Å². The average Bonchev–Trinajstić information content (AvgIpc) is 2.58. The topological polar surface area (TPSA) is 17.8 Å². The molecule has 86 valence electrons. The molecule has 0 radical (unpaired) electrons. The number of rotatable bonds is 4. The van der Waals surface area contributed by atoms with Crippen LogP contribution in [-0.2, 0) is 13.0 Å². The van der Waals surface area contributed by atoms with Crippen molar-refractivity contribution in [3.05, 3.63) is 28.5 Å². The number of alkyl halides is 1. The summed E-state index contributed by atoms with van der Waals surface area (Å²) in [4.78, 5) is 4.62. The Balaban J connectivity index is 2.57. The van der Waals surface area contributed by atoms with Gasteiger partial charge in [-0.3, -0.25) is 0 Å². The molecule has 0 bridgehead atoms. The lowest BCUT2D eigenvalue weighted by atomic mass is 10.3. The summed E-state index contributed by atoms with van der Waals surface area (Å²) in [7, 11) is 0. The van der Waals surface area contributed by atoms with E-state index in [1.807, 2.05) is 12.1 Å².